The molecule has 0 bridgehead atoms. The van der Waals surface area contributed by atoms with Crippen molar-refractivity contribution in [2.24, 2.45) is 0 Å². The molecule has 0 aliphatic rings. The van der Waals surface area contributed by atoms with Gasteiger partial charge in [0.25, 0.3) is 15.7 Å². The molecule has 2 amide bonds. The number of sulfonamides is 1. The second-order valence-electron chi connectivity index (χ2n) is 6.39. The number of aryl methyl sites for hydroxylation is 1. The summed E-state index contributed by atoms with van der Waals surface area (Å²) in [6.07, 6.45) is 0. The predicted molar refractivity (Wildman–Crippen MR) is 114 cm³/mol. The highest BCUT2D eigenvalue weighted by molar-refractivity contribution is 7.92. The van der Waals surface area contributed by atoms with Gasteiger partial charge in [0, 0.05) is 29.2 Å². The van der Waals surface area contributed by atoms with E-state index in [2.05, 4.69) is 15.4 Å². The van der Waals surface area contributed by atoms with E-state index in [0.29, 0.717) is 11.4 Å². The Hall–Kier alpha value is -3.92. The molecule has 0 aromatic heterocycles. The molecule has 3 aromatic rings. The molecule has 0 saturated carbocycles. The summed E-state index contributed by atoms with van der Waals surface area (Å²) in [5, 5.41) is 15.7. The van der Waals surface area contributed by atoms with Gasteiger partial charge in [-0.1, -0.05) is 18.2 Å². The Kier molecular flexibility index (Phi) is 5.98. The summed E-state index contributed by atoms with van der Waals surface area (Å²) in [5.41, 5.74) is 1.86. The van der Waals surface area contributed by atoms with Crippen LogP contribution < -0.4 is 15.4 Å². The zero-order valence-electron chi connectivity index (χ0n) is 15.8. The van der Waals surface area contributed by atoms with Crippen LogP contribution in [-0.2, 0) is 10.0 Å². The maximum absolute atomic E-state index is 12.6. The molecule has 0 unspecified atom stereocenters. The second kappa shape index (κ2) is 8.62. The van der Waals surface area contributed by atoms with Crippen molar-refractivity contribution in [1.82, 2.24) is 0 Å². The number of urea groups is 1. The Morgan fingerprint density at radius 1 is 0.867 bits per heavy atom. The smallest absolute Gasteiger partial charge is 0.308 e. The van der Waals surface area contributed by atoms with Crippen LogP contribution in [0.3, 0.4) is 0 Å². The van der Waals surface area contributed by atoms with Crippen molar-refractivity contribution in [3.8, 4) is 0 Å². The van der Waals surface area contributed by atoms with E-state index in [1.54, 1.807) is 24.3 Å². The highest BCUT2D eigenvalue weighted by Crippen LogP contribution is 2.21. The van der Waals surface area contributed by atoms with Crippen LogP contribution in [-0.4, -0.2) is 19.4 Å². The fourth-order valence-corrected chi connectivity index (χ4v) is 3.72. The fourth-order valence-electron chi connectivity index (χ4n) is 2.62. The van der Waals surface area contributed by atoms with Crippen LogP contribution in [0.25, 0.3) is 0 Å². The van der Waals surface area contributed by atoms with Crippen molar-refractivity contribution >= 4 is 38.8 Å². The predicted octanol–water partition coefficient (Wildman–Crippen LogP) is 4.35. The van der Waals surface area contributed by atoms with Crippen molar-refractivity contribution in [2.45, 2.75) is 11.8 Å². The first-order valence-electron chi connectivity index (χ1n) is 8.75. The molecule has 3 aromatic carbocycles. The molecule has 0 atom stereocenters. The van der Waals surface area contributed by atoms with E-state index in [9.17, 15) is 23.3 Å². The molecular formula is C20H18N4O5S. The van der Waals surface area contributed by atoms with Gasteiger partial charge >= 0.3 is 6.03 Å². The highest BCUT2D eigenvalue weighted by atomic mass is 32.2. The number of non-ortho nitro benzene ring substituents is 1. The Labute approximate surface area is 173 Å². The highest BCUT2D eigenvalue weighted by Gasteiger charge is 2.15. The number of rotatable bonds is 6. The Morgan fingerprint density at radius 2 is 1.50 bits per heavy atom. The number of nitrogens with zero attached hydrogens (tertiary/aromatic N) is 1. The van der Waals surface area contributed by atoms with Gasteiger partial charge in [0.2, 0.25) is 0 Å². The first-order valence-corrected chi connectivity index (χ1v) is 10.2. The molecule has 9 nitrogen and oxygen atoms in total. The van der Waals surface area contributed by atoms with Gasteiger partial charge in [-0.3, -0.25) is 14.8 Å². The number of nitrogens with one attached hydrogen (secondary N) is 3. The van der Waals surface area contributed by atoms with E-state index >= 15 is 0 Å². The lowest BCUT2D eigenvalue weighted by Gasteiger charge is -2.11. The third-order valence-corrected chi connectivity index (χ3v) is 5.39. The number of carbonyl (C=O) groups excluding carboxylic acids is 1. The number of carbonyl (C=O) groups is 1. The molecule has 3 N–H and O–H groups in total. The molecule has 0 spiro atoms. The van der Waals surface area contributed by atoms with E-state index in [-0.39, 0.29) is 16.3 Å². The number of hydrogen-bond acceptors (Lipinski definition) is 5. The minimum absolute atomic E-state index is 0.0165. The lowest BCUT2D eigenvalue weighted by molar-refractivity contribution is -0.384. The molecule has 154 valence electrons. The summed E-state index contributed by atoms with van der Waals surface area (Å²) in [7, 11) is -3.85. The van der Waals surface area contributed by atoms with Gasteiger partial charge in [0.1, 0.15) is 0 Å². The van der Waals surface area contributed by atoms with E-state index in [1.807, 2.05) is 13.0 Å². The SMILES string of the molecule is Cc1cccc(NS(=O)(=O)c2cccc(NC(=O)Nc3ccc([N+](=O)[O-])cc3)c2)c1. The minimum Gasteiger partial charge on any atom is -0.308 e. The van der Waals surface area contributed by atoms with Gasteiger partial charge in [-0.05, 0) is 55.0 Å². The van der Waals surface area contributed by atoms with Crippen LogP contribution in [0.4, 0.5) is 27.5 Å². The maximum atomic E-state index is 12.6. The number of anilines is 3. The molecule has 10 heteroatoms. The van der Waals surface area contributed by atoms with Crippen LogP contribution in [0, 0.1) is 17.0 Å². The average Bonchev–Trinajstić information content (AvgIpc) is 2.68. The quantitative estimate of drug-likeness (QED) is 0.398. The van der Waals surface area contributed by atoms with Crippen molar-refractivity contribution < 1.29 is 18.1 Å². The molecule has 3 rings (SSSR count). The lowest BCUT2D eigenvalue weighted by Crippen LogP contribution is -2.20. The third kappa shape index (κ3) is 5.32. The van der Waals surface area contributed by atoms with Gasteiger partial charge in [-0.25, -0.2) is 13.2 Å². The Balaban J connectivity index is 1.70. The van der Waals surface area contributed by atoms with E-state index in [0.717, 1.165) is 5.56 Å². The molecular weight excluding hydrogens is 408 g/mol. The maximum Gasteiger partial charge on any atom is 0.323 e. The normalized spacial score (nSPS) is 10.8. The monoisotopic (exact) mass is 426 g/mol. The van der Waals surface area contributed by atoms with E-state index < -0.39 is 21.0 Å². The number of benzene rings is 3. The Bertz CT molecular complexity index is 1190. The summed E-state index contributed by atoms with van der Waals surface area (Å²) < 4.78 is 27.8. The summed E-state index contributed by atoms with van der Waals surface area (Å²) in [4.78, 5) is 22.3. The topological polar surface area (TPSA) is 130 Å². The summed E-state index contributed by atoms with van der Waals surface area (Å²) in [5.74, 6) is 0. The first kappa shape index (κ1) is 20.8. The molecule has 0 fully saturated rings. The summed E-state index contributed by atoms with van der Waals surface area (Å²) >= 11 is 0. The molecule has 0 aliphatic carbocycles. The molecule has 0 saturated heterocycles. The number of nitro groups is 1. The van der Waals surface area contributed by atoms with Crippen LogP contribution in [0.15, 0.2) is 77.7 Å². The third-order valence-electron chi connectivity index (χ3n) is 4.01. The molecule has 0 aliphatic heterocycles. The summed E-state index contributed by atoms with van der Waals surface area (Å²) in [6.45, 7) is 1.85. The van der Waals surface area contributed by atoms with Crippen LogP contribution in [0.1, 0.15) is 5.56 Å². The van der Waals surface area contributed by atoms with Crippen molar-refractivity contribution in [3.63, 3.8) is 0 Å². The van der Waals surface area contributed by atoms with Gasteiger partial charge < -0.3 is 10.6 Å². The van der Waals surface area contributed by atoms with Gasteiger partial charge in [0.15, 0.2) is 0 Å². The van der Waals surface area contributed by atoms with Gasteiger partial charge in [-0.15, -0.1) is 0 Å². The summed E-state index contributed by atoms with van der Waals surface area (Å²) in [6, 6.07) is 17.4. The lowest BCUT2D eigenvalue weighted by atomic mass is 10.2. The Morgan fingerprint density at radius 3 is 2.17 bits per heavy atom. The zero-order valence-corrected chi connectivity index (χ0v) is 16.6. The van der Waals surface area contributed by atoms with Gasteiger partial charge in [-0.2, -0.15) is 0 Å². The van der Waals surface area contributed by atoms with E-state index in [1.165, 1.54) is 42.5 Å². The number of amides is 2. The van der Waals surface area contributed by atoms with Crippen molar-refractivity contribution in [2.75, 3.05) is 15.4 Å². The number of nitro benzene ring substituents is 1. The average molecular weight is 426 g/mol. The molecule has 0 radical (unpaired) electrons. The fraction of sp³-hybridized carbons (Fsp3) is 0.0500. The molecule has 0 heterocycles. The van der Waals surface area contributed by atoms with Crippen molar-refractivity contribution in [3.05, 3.63) is 88.5 Å². The number of hydrogen-bond donors (Lipinski definition) is 3. The van der Waals surface area contributed by atoms with Crippen molar-refractivity contribution in [1.29, 1.82) is 0 Å². The van der Waals surface area contributed by atoms with Crippen LogP contribution in [0.2, 0.25) is 0 Å². The standard InChI is InChI=1S/C20H18N4O5S/c1-14-4-2-6-17(12-14)23-30(28,29)19-7-3-5-16(13-19)22-20(25)21-15-8-10-18(11-9-15)24(26)27/h2-13,23H,1H3,(H2,21,22,25). The second-order valence-corrected chi connectivity index (χ2v) is 8.07. The minimum atomic E-state index is -3.85. The first-order chi connectivity index (χ1) is 14.2. The van der Waals surface area contributed by atoms with Crippen LogP contribution >= 0.6 is 0 Å². The van der Waals surface area contributed by atoms with Crippen LogP contribution in [0.5, 0.6) is 0 Å². The zero-order chi connectivity index (χ0) is 21.7. The molecule has 30 heavy (non-hydrogen) atoms. The van der Waals surface area contributed by atoms with Gasteiger partial charge in [0.05, 0.1) is 9.82 Å². The van der Waals surface area contributed by atoms with E-state index in [4.69, 9.17) is 0 Å². The largest absolute Gasteiger partial charge is 0.323 e.